The summed E-state index contributed by atoms with van der Waals surface area (Å²) in [6.07, 6.45) is 0. The largest absolute Gasteiger partial charge is 0.280 e. The van der Waals surface area contributed by atoms with Crippen molar-refractivity contribution in [3.63, 3.8) is 0 Å². The minimum absolute atomic E-state index is 0.800. The Bertz CT molecular complexity index is 631. The van der Waals surface area contributed by atoms with E-state index in [9.17, 15) is 0 Å². The van der Waals surface area contributed by atoms with Crippen molar-refractivity contribution < 1.29 is 0 Å². The van der Waals surface area contributed by atoms with E-state index in [1.807, 2.05) is 48.5 Å². The summed E-state index contributed by atoms with van der Waals surface area (Å²) < 4.78 is 0. The number of benzene rings is 2. The van der Waals surface area contributed by atoms with E-state index in [2.05, 4.69) is 15.4 Å². The number of fused-ring (bicyclic) bond motifs is 1. The van der Waals surface area contributed by atoms with E-state index in [4.69, 9.17) is 5.84 Å². The Balaban J connectivity index is 2.03. The zero-order valence-electron chi connectivity index (χ0n) is 9.04. The molecule has 0 bridgehead atoms. The molecule has 2 aromatic carbocycles. The first-order chi connectivity index (χ1) is 8.34. The number of nitrogens with one attached hydrogen (secondary N) is 1. The van der Waals surface area contributed by atoms with Crippen LogP contribution in [0.25, 0.3) is 11.0 Å². The van der Waals surface area contributed by atoms with Gasteiger partial charge in [-0.05, 0) is 30.3 Å². The summed E-state index contributed by atoms with van der Waals surface area (Å²) in [4.78, 5) is 0. The standard InChI is InChI=1S/C12H11N5/c13-17(9-4-2-1-3-5-9)10-6-7-11-12(8-10)15-16-14-11/h1-8H,13H2,(H,14,15,16). The number of aromatic amines is 1. The van der Waals surface area contributed by atoms with Gasteiger partial charge in [-0.25, -0.2) is 5.84 Å². The fourth-order valence-electron chi connectivity index (χ4n) is 1.72. The van der Waals surface area contributed by atoms with E-state index < -0.39 is 0 Å². The van der Waals surface area contributed by atoms with Crippen LogP contribution in [-0.4, -0.2) is 15.4 Å². The van der Waals surface area contributed by atoms with Gasteiger partial charge < -0.3 is 0 Å². The normalized spacial score (nSPS) is 10.6. The monoisotopic (exact) mass is 225 g/mol. The summed E-state index contributed by atoms with van der Waals surface area (Å²) in [6.45, 7) is 0. The molecule has 3 aromatic rings. The first-order valence-corrected chi connectivity index (χ1v) is 5.25. The maximum absolute atomic E-state index is 6.05. The highest BCUT2D eigenvalue weighted by Crippen LogP contribution is 2.23. The van der Waals surface area contributed by atoms with Crippen molar-refractivity contribution in [1.29, 1.82) is 0 Å². The molecule has 0 fully saturated rings. The highest BCUT2D eigenvalue weighted by Gasteiger charge is 2.06. The molecular formula is C12H11N5. The van der Waals surface area contributed by atoms with Crippen molar-refractivity contribution in [2.24, 2.45) is 5.84 Å². The molecule has 84 valence electrons. The van der Waals surface area contributed by atoms with E-state index >= 15 is 0 Å². The molecule has 0 unspecified atom stereocenters. The van der Waals surface area contributed by atoms with Crippen LogP contribution < -0.4 is 10.9 Å². The van der Waals surface area contributed by atoms with Crippen LogP contribution in [0.2, 0.25) is 0 Å². The average molecular weight is 225 g/mol. The summed E-state index contributed by atoms with van der Waals surface area (Å²) in [5.74, 6) is 6.05. The Morgan fingerprint density at radius 1 is 0.882 bits per heavy atom. The molecule has 0 saturated heterocycles. The van der Waals surface area contributed by atoms with Crippen LogP contribution in [0, 0.1) is 0 Å². The fraction of sp³-hybridized carbons (Fsp3) is 0. The number of hydrazine groups is 1. The third-order valence-corrected chi connectivity index (χ3v) is 2.61. The van der Waals surface area contributed by atoms with Crippen LogP contribution >= 0.6 is 0 Å². The fourth-order valence-corrected chi connectivity index (χ4v) is 1.72. The molecule has 5 heteroatoms. The lowest BCUT2D eigenvalue weighted by Crippen LogP contribution is -2.24. The predicted octanol–water partition coefficient (Wildman–Crippen LogP) is 1.97. The third-order valence-electron chi connectivity index (χ3n) is 2.61. The SMILES string of the molecule is NN(c1ccccc1)c1ccc2n[nH]nc2c1. The molecule has 1 heterocycles. The van der Waals surface area contributed by atoms with Gasteiger partial charge in [-0.3, -0.25) is 5.01 Å². The van der Waals surface area contributed by atoms with Crippen LogP contribution in [0.3, 0.4) is 0 Å². The maximum Gasteiger partial charge on any atom is 0.115 e. The van der Waals surface area contributed by atoms with Crippen molar-refractivity contribution in [1.82, 2.24) is 15.4 Å². The van der Waals surface area contributed by atoms with Crippen molar-refractivity contribution in [3.05, 3.63) is 48.5 Å². The van der Waals surface area contributed by atoms with Crippen LogP contribution in [0.1, 0.15) is 0 Å². The van der Waals surface area contributed by atoms with Gasteiger partial charge in [0.15, 0.2) is 0 Å². The molecule has 0 aliphatic heterocycles. The molecule has 0 saturated carbocycles. The quantitative estimate of drug-likeness (QED) is 0.516. The third kappa shape index (κ3) is 1.72. The highest BCUT2D eigenvalue weighted by molar-refractivity contribution is 5.79. The van der Waals surface area contributed by atoms with Gasteiger partial charge in [-0.15, -0.1) is 0 Å². The average Bonchev–Trinajstić information content (AvgIpc) is 2.86. The number of aromatic nitrogens is 3. The maximum atomic E-state index is 6.05. The number of para-hydroxylation sites is 1. The number of nitrogens with zero attached hydrogens (tertiary/aromatic N) is 3. The Morgan fingerprint density at radius 3 is 2.47 bits per heavy atom. The molecule has 0 atom stereocenters. The van der Waals surface area contributed by atoms with E-state index in [0.29, 0.717) is 0 Å². The zero-order valence-corrected chi connectivity index (χ0v) is 9.04. The van der Waals surface area contributed by atoms with Crippen LogP contribution in [-0.2, 0) is 0 Å². The van der Waals surface area contributed by atoms with Crippen molar-refractivity contribution in [2.45, 2.75) is 0 Å². The summed E-state index contributed by atoms with van der Waals surface area (Å²) >= 11 is 0. The summed E-state index contributed by atoms with van der Waals surface area (Å²) in [7, 11) is 0. The zero-order chi connectivity index (χ0) is 11.7. The first kappa shape index (κ1) is 9.80. The predicted molar refractivity (Wildman–Crippen MR) is 66.7 cm³/mol. The number of hydrogen-bond acceptors (Lipinski definition) is 4. The minimum atomic E-state index is 0.800. The second kappa shape index (κ2) is 3.88. The molecule has 0 amide bonds. The lowest BCUT2D eigenvalue weighted by Gasteiger charge is -2.18. The Kier molecular flexibility index (Phi) is 2.23. The highest BCUT2D eigenvalue weighted by atomic mass is 15.4. The van der Waals surface area contributed by atoms with Gasteiger partial charge in [0.1, 0.15) is 11.0 Å². The summed E-state index contributed by atoms with van der Waals surface area (Å²) in [6, 6.07) is 15.5. The second-order valence-corrected chi connectivity index (χ2v) is 3.70. The van der Waals surface area contributed by atoms with Crippen molar-refractivity contribution >= 4 is 22.4 Å². The van der Waals surface area contributed by atoms with Crippen LogP contribution in [0.5, 0.6) is 0 Å². The number of nitrogens with two attached hydrogens (primary N) is 1. The Hall–Kier alpha value is -2.40. The van der Waals surface area contributed by atoms with Gasteiger partial charge in [0.05, 0.1) is 11.4 Å². The van der Waals surface area contributed by atoms with Gasteiger partial charge in [0.2, 0.25) is 0 Å². The lowest BCUT2D eigenvalue weighted by atomic mass is 10.2. The lowest BCUT2D eigenvalue weighted by molar-refractivity contribution is 0.959. The second-order valence-electron chi connectivity index (χ2n) is 3.70. The van der Waals surface area contributed by atoms with E-state index in [-0.39, 0.29) is 0 Å². The van der Waals surface area contributed by atoms with E-state index in [1.54, 1.807) is 5.01 Å². The van der Waals surface area contributed by atoms with Gasteiger partial charge in [-0.2, -0.15) is 15.4 Å². The molecule has 1 aromatic heterocycles. The molecule has 5 nitrogen and oxygen atoms in total. The Morgan fingerprint density at radius 2 is 1.65 bits per heavy atom. The molecule has 3 rings (SSSR count). The minimum Gasteiger partial charge on any atom is -0.280 e. The summed E-state index contributed by atoms with van der Waals surface area (Å²) in [5.41, 5.74) is 3.43. The number of hydrogen-bond donors (Lipinski definition) is 2. The smallest absolute Gasteiger partial charge is 0.115 e. The molecular weight excluding hydrogens is 214 g/mol. The number of rotatable bonds is 2. The molecule has 0 radical (unpaired) electrons. The van der Waals surface area contributed by atoms with E-state index in [1.165, 1.54) is 0 Å². The molecule has 0 aliphatic rings. The number of H-pyrrole nitrogens is 1. The number of anilines is 2. The molecule has 17 heavy (non-hydrogen) atoms. The van der Waals surface area contributed by atoms with E-state index in [0.717, 1.165) is 22.4 Å². The van der Waals surface area contributed by atoms with Gasteiger partial charge in [-0.1, -0.05) is 18.2 Å². The molecule has 3 N–H and O–H groups in total. The van der Waals surface area contributed by atoms with Crippen LogP contribution in [0.4, 0.5) is 11.4 Å². The molecule has 0 aliphatic carbocycles. The van der Waals surface area contributed by atoms with Crippen molar-refractivity contribution in [2.75, 3.05) is 5.01 Å². The van der Waals surface area contributed by atoms with Crippen molar-refractivity contribution in [3.8, 4) is 0 Å². The first-order valence-electron chi connectivity index (χ1n) is 5.25. The topological polar surface area (TPSA) is 70.8 Å². The van der Waals surface area contributed by atoms with Gasteiger partial charge in [0, 0.05) is 0 Å². The summed E-state index contributed by atoms with van der Waals surface area (Å²) in [5, 5.41) is 12.2. The van der Waals surface area contributed by atoms with Crippen LogP contribution in [0.15, 0.2) is 48.5 Å². The van der Waals surface area contributed by atoms with Gasteiger partial charge >= 0.3 is 0 Å². The van der Waals surface area contributed by atoms with Gasteiger partial charge in [0.25, 0.3) is 0 Å². The molecule has 0 spiro atoms. The Labute approximate surface area is 97.8 Å².